The zero-order valence-electron chi connectivity index (χ0n) is 18.5. The predicted molar refractivity (Wildman–Crippen MR) is 114 cm³/mol. The number of carbonyl (C=O) groups excluding carboxylic acids is 4. The lowest BCUT2D eigenvalue weighted by Crippen LogP contribution is -2.34. The Morgan fingerprint density at radius 2 is 1.55 bits per heavy atom. The van der Waals surface area contributed by atoms with Gasteiger partial charge in [-0.05, 0) is 31.7 Å². The van der Waals surface area contributed by atoms with Gasteiger partial charge in [0, 0.05) is 38.8 Å². The largest absolute Gasteiger partial charge is 0.378 e. The average molecular weight is 440 g/mol. The minimum Gasteiger partial charge on any atom is -0.378 e. The number of hydrogen-bond acceptors (Lipinski definition) is 7. The highest BCUT2D eigenvalue weighted by Crippen LogP contribution is 2.23. The molecule has 2 rings (SSSR count). The van der Waals surface area contributed by atoms with Crippen molar-refractivity contribution >= 4 is 23.5 Å². The lowest BCUT2D eigenvalue weighted by atomic mass is 10.1. The summed E-state index contributed by atoms with van der Waals surface area (Å²) in [6, 6.07) is 0. The molecule has 2 N–H and O–H groups in total. The molecule has 0 bridgehead atoms. The molecular formula is C22H37N3O6. The maximum absolute atomic E-state index is 11.9. The molecule has 0 unspecified atom stereocenters. The molecular weight excluding hydrogens is 402 g/mol. The van der Waals surface area contributed by atoms with Crippen LogP contribution in [0, 0.1) is 5.92 Å². The summed E-state index contributed by atoms with van der Waals surface area (Å²) < 4.78 is 10.9. The first-order chi connectivity index (χ1) is 15.1. The van der Waals surface area contributed by atoms with Gasteiger partial charge < -0.3 is 20.1 Å². The first-order valence-electron chi connectivity index (χ1n) is 11.5. The summed E-state index contributed by atoms with van der Waals surface area (Å²) in [7, 11) is 0. The molecule has 0 spiro atoms. The fraction of sp³-hybridized carbons (Fsp3) is 0.818. The molecule has 1 heterocycles. The summed E-state index contributed by atoms with van der Waals surface area (Å²) >= 11 is 0. The number of rotatable bonds is 17. The Bertz CT molecular complexity index is 576. The van der Waals surface area contributed by atoms with E-state index in [0.29, 0.717) is 39.4 Å². The summed E-state index contributed by atoms with van der Waals surface area (Å²) in [6.45, 7) is 4.28. The van der Waals surface area contributed by atoms with Crippen LogP contribution in [-0.2, 0) is 28.7 Å². The highest BCUT2D eigenvalue weighted by molar-refractivity contribution is 6.04. The topological polar surface area (TPSA) is 114 Å². The molecule has 0 aromatic rings. The zero-order chi connectivity index (χ0) is 22.3. The minimum absolute atomic E-state index is 0.144. The molecule has 9 heteroatoms. The average Bonchev–Trinajstić information content (AvgIpc) is 3.37. The third-order valence-electron chi connectivity index (χ3n) is 5.62. The Balaban J connectivity index is 1.33. The van der Waals surface area contributed by atoms with Gasteiger partial charge in [-0.1, -0.05) is 12.8 Å². The monoisotopic (exact) mass is 439 g/mol. The molecule has 0 atom stereocenters. The van der Waals surface area contributed by atoms with E-state index in [-0.39, 0.29) is 55.7 Å². The van der Waals surface area contributed by atoms with Crippen molar-refractivity contribution in [1.82, 2.24) is 15.5 Å². The number of nitrogens with zero attached hydrogens (tertiary/aromatic N) is 1. The van der Waals surface area contributed by atoms with Gasteiger partial charge in [0.05, 0.1) is 33.0 Å². The van der Waals surface area contributed by atoms with Crippen LogP contribution in [0.2, 0.25) is 0 Å². The Morgan fingerprint density at radius 3 is 2.23 bits per heavy atom. The third kappa shape index (κ3) is 10.8. The molecule has 0 aromatic carbocycles. The van der Waals surface area contributed by atoms with E-state index in [1.807, 2.05) is 0 Å². The molecule has 176 valence electrons. The molecule has 1 saturated heterocycles. The van der Waals surface area contributed by atoms with E-state index in [0.717, 1.165) is 23.9 Å². The smallest absolute Gasteiger partial charge is 0.230 e. The number of hydrogen-bond donors (Lipinski definition) is 2. The third-order valence-corrected chi connectivity index (χ3v) is 5.62. The molecule has 2 aliphatic rings. The van der Waals surface area contributed by atoms with Crippen molar-refractivity contribution < 1.29 is 28.7 Å². The summed E-state index contributed by atoms with van der Waals surface area (Å²) in [5, 5.41) is 6.17. The van der Waals surface area contributed by atoms with Crippen molar-refractivity contribution in [2.45, 2.75) is 57.8 Å². The SMILES string of the molecule is O=C(CCCC(=O)NCCOCCOCCNCC1CCCC1)CN1C(=O)CCC1=O. The molecule has 0 aromatic heterocycles. The second-order valence-corrected chi connectivity index (χ2v) is 8.20. The highest BCUT2D eigenvalue weighted by atomic mass is 16.5. The van der Waals surface area contributed by atoms with E-state index in [9.17, 15) is 19.2 Å². The van der Waals surface area contributed by atoms with Gasteiger partial charge in [0.15, 0.2) is 5.78 Å². The van der Waals surface area contributed by atoms with Gasteiger partial charge in [0.25, 0.3) is 0 Å². The molecule has 9 nitrogen and oxygen atoms in total. The number of ether oxygens (including phenoxy) is 2. The Labute approximate surface area is 184 Å². The van der Waals surface area contributed by atoms with E-state index in [2.05, 4.69) is 10.6 Å². The molecule has 1 saturated carbocycles. The maximum Gasteiger partial charge on any atom is 0.230 e. The van der Waals surface area contributed by atoms with Gasteiger partial charge >= 0.3 is 0 Å². The van der Waals surface area contributed by atoms with Crippen LogP contribution in [0.4, 0.5) is 0 Å². The Hall–Kier alpha value is -1.84. The van der Waals surface area contributed by atoms with Crippen molar-refractivity contribution in [2.75, 3.05) is 52.6 Å². The Kier molecular flexibility index (Phi) is 12.3. The summed E-state index contributed by atoms with van der Waals surface area (Å²) in [4.78, 5) is 47.6. The van der Waals surface area contributed by atoms with E-state index in [1.54, 1.807) is 0 Å². The van der Waals surface area contributed by atoms with Gasteiger partial charge in [-0.2, -0.15) is 0 Å². The van der Waals surface area contributed by atoms with Crippen molar-refractivity contribution in [3.05, 3.63) is 0 Å². The van der Waals surface area contributed by atoms with E-state index < -0.39 is 0 Å². The standard InChI is InChI=1S/C22H37N3O6/c26-19(17-25-21(28)8-9-22(25)29)6-3-7-20(27)24-11-13-31-15-14-30-12-10-23-16-18-4-1-2-5-18/h18,23H,1-17H2,(H,24,27). The van der Waals surface area contributed by atoms with Crippen LogP contribution in [0.5, 0.6) is 0 Å². The summed E-state index contributed by atoms with van der Waals surface area (Å²) in [5.41, 5.74) is 0. The second-order valence-electron chi connectivity index (χ2n) is 8.20. The van der Waals surface area contributed by atoms with Crippen LogP contribution >= 0.6 is 0 Å². The van der Waals surface area contributed by atoms with E-state index in [4.69, 9.17) is 9.47 Å². The van der Waals surface area contributed by atoms with Crippen LogP contribution in [0.25, 0.3) is 0 Å². The first kappa shape index (κ1) is 25.4. The van der Waals surface area contributed by atoms with Gasteiger partial charge in [0.2, 0.25) is 17.7 Å². The molecule has 1 aliphatic heterocycles. The fourth-order valence-electron chi connectivity index (χ4n) is 3.84. The number of carbonyl (C=O) groups is 4. The second kappa shape index (κ2) is 15.0. The van der Waals surface area contributed by atoms with Crippen LogP contribution in [0.3, 0.4) is 0 Å². The van der Waals surface area contributed by atoms with Crippen molar-refractivity contribution in [3.63, 3.8) is 0 Å². The minimum atomic E-state index is -0.294. The van der Waals surface area contributed by atoms with Crippen molar-refractivity contribution in [2.24, 2.45) is 5.92 Å². The molecule has 1 aliphatic carbocycles. The highest BCUT2D eigenvalue weighted by Gasteiger charge is 2.30. The van der Waals surface area contributed by atoms with Crippen LogP contribution in [0.1, 0.15) is 57.8 Å². The predicted octanol–water partition coefficient (Wildman–Crippen LogP) is 0.804. The van der Waals surface area contributed by atoms with Crippen LogP contribution < -0.4 is 10.6 Å². The maximum atomic E-state index is 11.9. The summed E-state index contributed by atoms with van der Waals surface area (Å²) in [5.74, 6) is -0.0944. The number of Topliss-reactive ketones (excluding diaryl/α,β-unsaturated/α-hetero) is 1. The number of nitrogens with one attached hydrogen (secondary N) is 2. The number of likely N-dealkylation sites (tertiary alicyclic amines) is 1. The van der Waals surface area contributed by atoms with Crippen molar-refractivity contribution in [1.29, 1.82) is 0 Å². The lowest BCUT2D eigenvalue weighted by molar-refractivity contribution is -0.142. The van der Waals surface area contributed by atoms with Crippen LogP contribution in [-0.4, -0.2) is 81.0 Å². The van der Waals surface area contributed by atoms with E-state index in [1.165, 1.54) is 25.7 Å². The normalized spacial score (nSPS) is 17.0. The van der Waals surface area contributed by atoms with E-state index >= 15 is 0 Å². The number of amides is 3. The molecule has 0 radical (unpaired) electrons. The molecule has 2 fully saturated rings. The van der Waals surface area contributed by atoms with Crippen LogP contribution in [0.15, 0.2) is 0 Å². The lowest BCUT2D eigenvalue weighted by Gasteiger charge is -2.12. The number of imide groups is 1. The fourth-order valence-corrected chi connectivity index (χ4v) is 3.84. The molecule has 3 amide bonds. The Morgan fingerprint density at radius 1 is 0.903 bits per heavy atom. The first-order valence-corrected chi connectivity index (χ1v) is 11.5. The molecule has 31 heavy (non-hydrogen) atoms. The quantitative estimate of drug-likeness (QED) is 0.255. The summed E-state index contributed by atoms with van der Waals surface area (Å²) in [6.07, 6.45) is 6.58. The zero-order valence-corrected chi connectivity index (χ0v) is 18.5. The van der Waals surface area contributed by atoms with Gasteiger partial charge in [-0.15, -0.1) is 0 Å². The van der Waals surface area contributed by atoms with Gasteiger partial charge in [-0.3, -0.25) is 24.1 Å². The number of ketones is 1. The van der Waals surface area contributed by atoms with Gasteiger partial charge in [0.1, 0.15) is 0 Å². The van der Waals surface area contributed by atoms with Crippen molar-refractivity contribution in [3.8, 4) is 0 Å². The van der Waals surface area contributed by atoms with Gasteiger partial charge in [-0.25, -0.2) is 0 Å².